The lowest BCUT2D eigenvalue weighted by atomic mass is 9.79. The Balaban J connectivity index is 1.26. The number of fused-ring (bicyclic) bond motifs is 1. The van der Waals surface area contributed by atoms with Crippen LogP contribution in [0.3, 0.4) is 0 Å². The van der Waals surface area contributed by atoms with Gasteiger partial charge in [0.15, 0.2) is 17.6 Å². The maximum absolute atomic E-state index is 13.6. The molecule has 4 aliphatic rings. The first-order chi connectivity index (χ1) is 19.5. The van der Waals surface area contributed by atoms with Gasteiger partial charge in [0.2, 0.25) is 5.79 Å². The zero-order chi connectivity index (χ0) is 29.2. The molecule has 3 saturated heterocycles. The number of ether oxygens (including phenoxy) is 1. The summed E-state index contributed by atoms with van der Waals surface area (Å²) < 4.78 is 5.88. The van der Waals surface area contributed by atoms with Crippen LogP contribution in [0.25, 0.3) is 0 Å². The SMILES string of the molecule is CC1(C)CCOc2c(C(=O)N[C@H]3CN4C(=N)N[C@@H](CNC(=O)c5ccnnc5)C5NC(=N)NC54C3(O)O)cccc21. The largest absolute Gasteiger partial charge is 0.492 e. The van der Waals surface area contributed by atoms with Gasteiger partial charge in [-0.15, -0.1) is 0 Å². The molecule has 4 atom stereocenters. The van der Waals surface area contributed by atoms with Gasteiger partial charge in [-0.3, -0.25) is 20.4 Å². The number of nitrogens with one attached hydrogen (secondary N) is 7. The molecule has 9 N–H and O–H groups in total. The summed E-state index contributed by atoms with van der Waals surface area (Å²) in [7, 11) is 0. The molecule has 2 unspecified atom stereocenters. The summed E-state index contributed by atoms with van der Waals surface area (Å²) >= 11 is 0. The van der Waals surface area contributed by atoms with Gasteiger partial charge in [-0.1, -0.05) is 26.0 Å². The van der Waals surface area contributed by atoms with Crippen molar-refractivity contribution in [2.75, 3.05) is 19.7 Å². The number of benzene rings is 1. The van der Waals surface area contributed by atoms with Gasteiger partial charge >= 0.3 is 0 Å². The number of rotatable bonds is 5. The highest BCUT2D eigenvalue weighted by molar-refractivity contribution is 5.98. The number of aromatic nitrogens is 2. The van der Waals surface area contributed by atoms with Crippen LogP contribution in [0.5, 0.6) is 5.75 Å². The molecule has 2 aromatic rings. The summed E-state index contributed by atoms with van der Waals surface area (Å²) in [6.45, 7) is 4.44. The number of hydrogen-bond acceptors (Lipinski definition) is 9. The molecule has 3 fully saturated rings. The van der Waals surface area contributed by atoms with E-state index in [9.17, 15) is 19.8 Å². The number of hydrogen-bond donors (Lipinski definition) is 9. The molecular formula is C26H32N10O5. The van der Waals surface area contributed by atoms with Crippen LogP contribution in [-0.4, -0.2) is 98.3 Å². The highest BCUT2D eigenvalue weighted by Gasteiger charge is 2.74. The summed E-state index contributed by atoms with van der Waals surface area (Å²) in [6.07, 6.45) is 3.49. The molecule has 2 amide bonds. The lowest BCUT2D eigenvalue weighted by Crippen LogP contribution is -2.81. The Labute approximate surface area is 235 Å². The van der Waals surface area contributed by atoms with E-state index in [1.54, 1.807) is 12.1 Å². The van der Waals surface area contributed by atoms with Gasteiger partial charge in [-0.2, -0.15) is 10.2 Å². The van der Waals surface area contributed by atoms with E-state index in [4.69, 9.17) is 15.6 Å². The summed E-state index contributed by atoms with van der Waals surface area (Å²) in [5.41, 5.74) is -0.542. The van der Waals surface area contributed by atoms with Crippen molar-refractivity contribution in [1.82, 2.24) is 41.7 Å². The molecule has 0 radical (unpaired) electrons. The zero-order valence-corrected chi connectivity index (χ0v) is 22.5. The van der Waals surface area contributed by atoms with Crippen molar-refractivity contribution in [1.29, 1.82) is 10.8 Å². The number of amides is 2. The maximum Gasteiger partial charge on any atom is 0.255 e. The number of carbonyl (C=O) groups is 2. The molecular weight excluding hydrogens is 532 g/mol. The molecule has 41 heavy (non-hydrogen) atoms. The van der Waals surface area contributed by atoms with Crippen molar-refractivity contribution in [3.05, 3.63) is 53.3 Å². The van der Waals surface area contributed by atoms with Crippen LogP contribution in [0.4, 0.5) is 0 Å². The van der Waals surface area contributed by atoms with E-state index in [1.165, 1.54) is 23.4 Å². The Morgan fingerprint density at radius 2 is 1.98 bits per heavy atom. The second-order valence-corrected chi connectivity index (χ2v) is 11.4. The third-order valence-corrected chi connectivity index (χ3v) is 8.49. The van der Waals surface area contributed by atoms with Crippen molar-refractivity contribution < 1.29 is 24.5 Å². The molecule has 1 aromatic heterocycles. The summed E-state index contributed by atoms with van der Waals surface area (Å²) in [4.78, 5) is 27.6. The average Bonchev–Trinajstić information content (AvgIpc) is 3.41. The highest BCUT2D eigenvalue weighted by atomic mass is 16.5. The van der Waals surface area contributed by atoms with Crippen molar-refractivity contribution in [2.24, 2.45) is 0 Å². The van der Waals surface area contributed by atoms with E-state index >= 15 is 0 Å². The number of carbonyl (C=O) groups excluding carboxylic acids is 2. The van der Waals surface area contributed by atoms with Crippen LogP contribution in [-0.2, 0) is 5.41 Å². The van der Waals surface area contributed by atoms with Crippen LogP contribution < -0.4 is 31.3 Å². The topological polar surface area (TPSA) is 221 Å². The molecule has 0 saturated carbocycles. The first-order valence-electron chi connectivity index (χ1n) is 13.3. The number of aliphatic hydroxyl groups is 2. The predicted molar refractivity (Wildman–Crippen MR) is 144 cm³/mol. The van der Waals surface area contributed by atoms with Gasteiger partial charge in [-0.05, 0) is 24.0 Å². The molecule has 15 nitrogen and oxygen atoms in total. The van der Waals surface area contributed by atoms with E-state index in [1.807, 2.05) is 6.07 Å². The van der Waals surface area contributed by atoms with Gasteiger partial charge < -0.3 is 46.4 Å². The summed E-state index contributed by atoms with van der Waals surface area (Å²) in [6, 6.07) is 3.92. The molecule has 1 spiro atoms. The van der Waals surface area contributed by atoms with Gasteiger partial charge in [-0.25, -0.2) is 0 Å². The molecule has 0 aliphatic carbocycles. The lowest BCUT2D eigenvalue weighted by molar-refractivity contribution is -0.232. The lowest BCUT2D eigenvalue weighted by Gasteiger charge is -2.51. The summed E-state index contributed by atoms with van der Waals surface area (Å²) in [5, 5.41) is 61.9. The number of para-hydroxylation sites is 1. The van der Waals surface area contributed by atoms with Crippen molar-refractivity contribution in [2.45, 2.75) is 55.3 Å². The van der Waals surface area contributed by atoms with Crippen LogP contribution in [0.1, 0.15) is 46.5 Å². The quantitative estimate of drug-likeness (QED) is 0.184. The Bertz CT molecular complexity index is 1430. The van der Waals surface area contributed by atoms with Crippen molar-refractivity contribution in [3.8, 4) is 5.75 Å². The molecule has 5 heterocycles. The summed E-state index contributed by atoms with van der Waals surface area (Å²) in [5.74, 6) is -3.53. The van der Waals surface area contributed by atoms with Gasteiger partial charge in [0.05, 0.1) is 42.2 Å². The van der Waals surface area contributed by atoms with Crippen LogP contribution in [0.15, 0.2) is 36.7 Å². The fraction of sp³-hybridized carbons (Fsp3) is 0.462. The molecule has 216 valence electrons. The molecule has 6 rings (SSSR count). The van der Waals surface area contributed by atoms with Gasteiger partial charge in [0.1, 0.15) is 11.8 Å². The van der Waals surface area contributed by atoms with Crippen molar-refractivity contribution >= 4 is 23.7 Å². The van der Waals surface area contributed by atoms with E-state index in [-0.39, 0.29) is 41.6 Å². The normalized spacial score (nSPS) is 28.6. The molecule has 4 aliphatic heterocycles. The smallest absolute Gasteiger partial charge is 0.255 e. The third kappa shape index (κ3) is 4.02. The second-order valence-electron chi connectivity index (χ2n) is 11.4. The third-order valence-electron chi connectivity index (χ3n) is 8.49. The standard InChI is InChI=1S/C26H32N10O5/c1-24(2)7-9-41-18-14(4-3-5-15(18)24)21(38)33-17-12-36-23(28)32-16(11-29-20(37)13-6-8-30-31-10-13)19-25(36,26(17,39)40)35-22(27)34-19/h3-6,8,10,16-17,19,39-40H,7,9,11-12H2,1-2H3,(H2,28,32)(H,29,37)(H,33,38)(H3,27,34,35)/t16-,17-,19?,25?/m0/s1. The molecule has 1 aromatic carbocycles. The van der Waals surface area contributed by atoms with E-state index in [2.05, 4.69) is 50.6 Å². The zero-order valence-electron chi connectivity index (χ0n) is 22.5. The average molecular weight is 565 g/mol. The maximum atomic E-state index is 13.6. The number of guanidine groups is 2. The molecule has 15 heteroatoms. The fourth-order valence-electron chi connectivity index (χ4n) is 6.26. The van der Waals surface area contributed by atoms with Crippen LogP contribution >= 0.6 is 0 Å². The second kappa shape index (κ2) is 9.27. The number of nitrogens with zero attached hydrogens (tertiary/aromatic N) is 3. The van der Waals surface area contributed by atoms with Gasteiger partial charge in [0, 0.05) is 18.7 Å². The van der Waals surface area contributed by atoms with Crippen LogP contribution in [0, 0.1) is 10.8 Å². The van der Waals surface area contributed by atoms with E-state index in [0.717, 1.165) is 12.0 Å². The monoisotopic (exact) mass is 564 g/mol. The predicted octanol–water partition coefficient (Wildman–Crippen LogP) is -1.84. The minimum absolute atomic E-state index is 0.0257. The Hall–Kier alpha value is -4.50. The minimum atomic E-state index is -2.65. The first-order valence-corrected chi connectivity index (χ1v) is 13.3. The van der Waals surface area contributed by atoms with Gasteiger partial charge in [0.25, 0.3) is 11.8 Å². The Kier molecular flexibility index (Phi) is 6.04. The fourth-order valence-corrected chi connectivity index (χ4v) is 6.26. The Morgan fingerprint density at radius 1 is 1.17 bits per heavy atom. The van der Waals surface area contributed by atoms with Crippen LogP contribution in [0.2, 0.25) is 0 Å². The molecule has 0 bridgehead atoms. The highest BCUT2D eigenvalue weighted by Crippen LogP contribution is 2.44. The van der Waals surface area contributed by atoms with E-state index in [0.29, 0.717) is 12.4 Å². The first kappa shape index (κ1) is 26.7. The van der Waals surface area contributed by atoms with Crippen molar-refractivity contribution in [3.63, 3.8) is 0 Å². The Morgan fingerprint density at radius 3 is 2.73 bits per heavy atom. The minimum Gasteiger partial charge on any atom is -0.492 e. The van der Waals surface area contributed by atoms with E-state index < -0.39 is 41.4 Å².